The highest BCUT2D eigenvalue weighted by Gasteiger charge is 2.31. The van der Waals surface area contributed by atoms with Crippen molar-refractivity contribution >= 4 is 11.4 Å². The van der Waals surface area contributed by atoms with E-state index in [-0.39, 0.29) is 0 Å². The number of benzene rings is 1. The maximum atomic E-state index is 5.42. The zero-order valence-electron chi connectivity index (χ0n) is 10.4. The molecule has 0 heterocycles. The maximum Gasteiger partial charge on any atom is 0.207 e. The largest absolute Gasteiger partial charge is 0.348 e. The average Bonchev–Trinajstić information content (AvgIpc) is 2.33. The van der Waals surface area contributed by atoms with Crippen molar-refractivity contribution in [1.29, 1.82) is 0 Å². The van der Waals surface area contributed by atoms with Crippen LogP contribution in [0.1, 0.15) is 20.3 Å². The van der Waals surface area contributed by atoms with Crippen molar-refractivity contribution in [1.82, 2.24) is 0 Å². The molecule has 0 amide bonds. The van der Waals surface area contributed by atoms with Crippen molar-refractivity contribution in [2.24, 2.45) is 4.99 Å². The van der Waals surface area contributed by atoms with E-state index in [2.05, 4.69) is 4.99 Å². The zero-order valence-corrected chi connectivity index (χ0v) is 10.4. The molecule has 0 bridgehead atoms. The summed E-state index contributed by atoms with van der Waals surface area (Å²) in [5, 5.41) is 0. The van der Waals surface area contributed by atoms with Crippen LogP contribution < -0.4 is 0 Å². The zero-order chi connectivity index (χ0) is 12.0. The number of aliphatic imine (C=N–C) groups is 1. The molecule has 88 valence electrons. The first kappa shape index (κ1) is 12.9. The van der Waals surface area contributed by atoms with Crippen LogP contribution in [0, 0.1) is 0 Å². The first-order valence-corrected chi connectivity index (χ1v) is 5.39. The molecule has 3 nitrogen and oxygen atoms in total. The Labute approximate surface area is 97.1 Å². The molecule has 0 fully saturated rings. The second-order valence-electron chi connectivity index (χ2n) is 3.55. The van der Waals surface area contributed by atoms with E-state index in [1.807, 2.05) is 44.2 Å². The van der Waals surface area contributed by atoms with Crippen LogP contribution in [0.3, 0.4) is 0 Å². The Bertz CT molecular complexity index is 334. The van der Waals surface area contributed by atoms with Crippen LogP contribution in [0.5, 0.6) is 0 Å². The minimum absolute atomic E-state index is 0.712. The van der Waals surface area contributed by atoms with E-state index in [0.717, 1.165) is 17.8 Å². The SMILES string of the molecule is CCC(OC)(OC)C(C)=Nc1ccccc1. The second-order valence-corrected chi connectivity index (χ2v) is 3.55. The fraction of sp³-hybridized carbons (Fsp3) is 0.462. The first-order valence-electron chi connectivity index (χ1n) is 5.39. The van der Waals surface area contributed by atoms with Crippen LogP contribution in [0.25, 0.3) is 0 Å². The lowest BCUT2D eigenvalue weighted by Crippen LogP contribution is -2.40. The van der Waals surface area contributed by atoms with Gasteiger partial charge in [-0.05, 0) is 19.1 Å². The maximum absolute atomic E-state index is 5.42. The molecule has 0 unspecified atom stereocenters. The van der Waals surface area contributed by atoms with Gasteiger partial charge in [0, 0.05) is 20.6 Å². The molecule has 0 saturated heterocycles. The molecule has 3 heteroatoms. The Hall–Kier alpha value is -1.19. The van der Waals surface area contributed by atoms with Crippen LogP contribution in [0.15, 0.2) is 35.3 Å². The third-order valence-corrected chi connectivity index (χ3v) is 2.73. The van der Waals surface area contributed by atoms with Gasteiger partial charge in [-0.2, -0.15) is 0 Å². The lowest BCUT2D eigenvalue weighted by Gasteiger charge is -2.29. The van der Waals surface area contributed by atoms with E-state index in [4.69, 9.17) is 9.47 Å². The van der Waals surface area contributed by atoms with Crippen LogP contribution in [0.2, 0.25) is 0 Å². The molecule has 1 rings (SSSR count). The number of para-hydroxylation sites is 1. The number of hydrogen-bond donors (Lipinski definition) is 0. The Morgan fingerprint density at radius 3 is 2.19 bits per heavy atom. The minimum Gasteiger partial charge on any atom is -0.348 e. The summed E-state index contributed by atoms with van der Waals surface area (Å²) in [7, 11) is 3.27. The van der Waals surface area contributed by atoms with Gasteiger partial charge in [-0.15, -0.1) is 0 Å². The fourth-order valence-electron chi connectivity index (χ4n) is 1.70. The van der Waals surface area contributed by atoms with Gasteiger partial charge in [0.05, 0.1) is 11.4 Å². The summed E-state index contributed by atoms with van der Waals surface area (Å²) >= 11 is 0. The van der Waals surface area contributed by atoms with Gasteiger partial charge >= 0.3 is 0 Å². The molecular formula is C13H19NO2. The van der Waals surface area contributed by atoms with E-state index in [9.17, 15) is 0 Å². The van der Waals surface area contributed by atoms with Gasteiger partial charge in [0.2, 0.25) is 5.79 Å². The number of methoxy groups -OCH3 is 2. The quantitative estimate of drug-likeness (QED) is 0.564. The van der Waals surface area contributed by atoms with E-state index in [0.29, 0.717) is 0 Å². The highest BCUT2D eigenvalue weighted by molar-refractivity contribution is 5.91. The van der Waals surface area contributed by atoms with Crippen molar-refractivity contribution in [2.75, 3.05) is 14.2 Å². The summed E-state index contributed by atoms with van der Waals surface area (Å²) in [6, 6.07) is 9.79. The number of hydrogen-bond acceptors (Lipinski definition) is 3. The molecule has 0 aliphatic rings. The van der Waals surface area contributed by atoms with Crippen LogP contribution in [-0.2, 0) is 9.47 Å². The summed E-state index contributed by atoms with van der Waals surface area (Å²) in [6.45, 7) is 3.93. The summed E-state index contributed by atoms with van der Waals surface area (Å²) < 4.78 is 10.8. The number of nitrogens with zero attached hydrogens (tertiary/aromatic N) is 1. The lowest BCUT2D eigenvalue weighted by molar-refractivity contribution is -0.155. The van der Waals surface area contributed by atoms with Crippen molar-refractivity contribution in [2.45, 2.75) is 26.1 Å². The topological polar surface area (TPSA) is 30.8 Å². The molecule has 0 aliphatic carbocycles. The standard InChI is InChI=1S/C13H19NO2/c1-5-13(15-3,16-4)11(2)14-12-9-7-6-8-10-12/h6-10H,5H2,1-4H3. The van der Waals surface area contributed by atoms with E-state index in [1.165, 1.54) is 0 Å². The van der Waals surface area contributed by atoms with Crippen molar-refractivity contribution in [3.8, 4) is 0 Å². The van der Waals surface area contributed by atoms with Gasteiger partial charge in [-0.1, -0.05) is 25.1 Å². The van der Waals surface area contributed by atoms with Gasteiger partial charge in [0.1, 0.15) is 0 Å². The summed E-state index contributed by atoms with van der Waals surface area (Å²) in [5.41, 5.74) is 1.73. The Morgan fingerprint density at radius 1 is 1.19 bits per heavy atom. The van der Waals surface area contributed by atoms with Crippen molar-refractivity contribution < 1.29 is 9.47 Å². The molecule has 0 aliphatic heterocycles. The van der Waals surface area contributed by atoms with E-state index >= 15 is 0 Å². The number of rotatable bonds is 5. The van der Waals surface area contributed by atoms with Gasteiger partial charge < -0.3 is 9.47 Å². The first-order chi connectivity index (χ1) is 7.68. The highest BCUT2D eigenvalue weighted by atomic mass is 16.7. The highest BCUT2D eigenvalue weighted by Crippen LogP contribution is 2.21. The molecule has 0 saturated carbocycles. The molecule has 1 aromatic carbocycles. The Kier molecular flexibility index (Phi) is 4.65. The molecule has 0 N–H and O–H groups in total. The van der Waals surface area contributed by atoms with Gasteiger partial charge in [0.25, 0.3) is 0 Å². The van der Waals surface area contributed by atoms with E-state index < -0.39 is 5.79 Å². The normalized spacial score (nSPS) is 12.9. The molecule has 0 atom stereocenters. The smallest absolute Gasteiger partial charge is 0.207 e. The van der Waals surface area contributed by atoms with Crippen LogP contribution in [-0.4, -0.2) is 25.7 Å². The average molecular weight is 221 g/mol. The van der Waals surface area contributed by atoms with E-state index in [1.54, 1.807) is 14.2 Å². The predicted molar refractivity (Wildman–Crippen MR) is 66.3 cm³/mol. The van der Waals surface area contributed by atoms with Gasteiger partial charge in [0.15, 0.2) is 0 Å². The Balaban J connectivity index is 2.99. The molecule has 1 aromatic rings. The molecule has 0 aromatic heterocycles. The van der Waals surface area contributed by atoms with Crippen LogP contribution >= 0.6 is 0 Å². The van der Waals surface area contributed by atoms with Crippen molar-refractivity contribution in [3.63, 3.8) is 0 Å². The molecule has 0 spiro atoms. The van der Waals surface area contributed by atoms with Crippen LogP contribution in [0.4, 0.5) is 5.69 Å². The lowest BCUT2D eigenvalue weighted by atomic mass is 10.1. The third kappa shape index (κ3) is 2.68. The molecule has 0 radical (unpaired) electrons. The summed E-state index contributed by atoms with van der Waals surface area (Å²) in [6.07, 6.45) is 0.724. The number of ether oxygens (including phenoxy) is 2. The van der Waals surface area contributed by atoms with Gasteiger partial charge in [-0.25, -0.2) is 0 Å². The van der Waals surface area contributed by atoms with Crippen molar-refractivity contribution in [3.05, 3.63) is 30.3 Å². The summed E-state index contributed by atoms with van der Waals surface area (Å²) in [5.74, 6) is -0.712. The molecular weight excluding hydrogens is 202 g/mol. The third-order valence-electron chi connectivity index (χ3n) is 2.73. The minimum atomic E-state index is -0.712. The van der Waals surface area contributed by atoms with Gasteiger partial charge in [-0.3, -0.25) is 4.99 Å². The monoisotopic (exact) mass is 221 g/mol. The predicted octanol–water partition coefficient (Wildman–Crippen LogP) is 3.18. The fourth-order valence-corrected chi connectivity index (χ4v) is 1.70. The summed E-state index contributed by atoms with van der Waals surface area (Å²) in [4.78, 5) is 4.51. The Morgan fingerprint density at radius 2 is 1.75 bits per heavy atom. The second kappa shape index (κ2) is 5.77. The molecule has 16 heavy (non-hydrogen) atoms.